The van der Waals surface area contributed by atoms with Crippen molar-refractivity contribution in [1.82, 2.24) is 14.5 Å². The Morgan fingerprint density at radius 1 is 0.923 bits per heavy atom. The molecule has 6 nitrogen and oxygen atoms in total. The van der Waals surface area contributed by atoms with Gasteiger partial charge in [0.05, 0.1) is 17.0 Å². The fourth-order valence-corrected chi connectivity index (χ4v) is 4.91. The van der Waals surface area contributed by atoms with Gasteiger partial charge in [-0.05, 0) is 23.8 Å². The van der Waals surface area contributed by atoms with E-state index in [1.54, 1.807) is 24.4 Å². The highest BCUT2D eigenvalue weighted by atomic mass is 32.2. The van der Waals surface area contributed by atoms with Crippen molar-refractivity contribution in [1.29, 1.82) is 0 Å². The van der Waals surface area contributed by atoms with Crippen LogP contribution in [0.4, 0.5) is 5.82 Å². The first-order chi connectivity index (χ1) is 12.6. The first-order valence-corrected chi connectivity index (χ1v) is 9.59. The molecule has 1 aliphatic heterocycles. The Morgan fingerprint density at radius 2 is 1.73 bits per heavy atom. The minimum atomic E-state index is -3.59. The number of sulfonamides is 1. The summed E-state index contributed by atoms with van der Waals surface area (Å²) in [5, 5.41) is 1.07. The SMILES string of the molecule is O=S1(=O)c2ccccc2CN1c1ccnc(-n2ccc3ccccc32)n1. The smallest absolute Gasteiger partial charge is 0.266 e. The van der Waals surface area contributed by atoms with Crippen molar-refractivity contribution in [2.24, 2.45) is 0 Å². The van der Waals surface area contributed by atoms with Gasteiger partial charge in [0.25, 0.3) is 10.0 Å². The molecule has 0 bridgehead atoms. The zero-order valence-electron chi connectivity index (χ0n) is 13.6. The predicted molar refractivity (Wildman–Crippen MR) is 98.7 cm³/mol. The van der Waals surface area contributed by atoms with Gasteiger partial charge in [0.15, 0.2) is 0 Å². The molecule has 2 aromatic carbocycles. The van der Waals surface area contributed by atoms with E-state index in [1.165, 1.54) is 4.31 Å². The van der Waals surface area contributed by atoms with Gasteiger partial charge in [-0.2, -0.15) is 4.98 Å². The zero-order valence-corrected chi connectivity index (χ0v) is 14.5. The Balaban J connectivity index is 1.62. The molecule has 0 unspecified atom stereocenters. The van der Waals surface area contributed by atoms with E-state index >= 15 is 0 Å². The maximum Gasteiger partial charge on any atom is 0.266 e. The van der Waals surface area contributed by atoms with Gasteiger partial charge in [0, 0.05) is 23.8 Å². The molecule has 0 spiro atoms. The summed E-state index contributed by atoms with van der Waals surface area (Å²) in [5.41, 5.74) is 1.75. The fraction of sp³-hybridized carbons (Fsp3) is 0.0526. The van der Waals surface area contributed by atoms with E-state index in [0.717, 1.165) is 16.5 Å². The number of hydrogen-bond donors (Lipinski definition) is 0. The average Bonchev–Trinajstić information content (AvgIpc) is 3.21. The molecule has 0 fully saturated rings. The van der Waals surface area contributed by atoms with Gasteiger partial charge in [-0.1, -0.05) is 36.4 Å². The molecular weight excluding hydrogens is 348 g/mol. The second-order valence-corrected chi connectivity index (χ2v) is 7.91. The largest absolute Gasteiger partial charge is 0.285 e. The molecule has 0 N–H and O–H groups in total. The van der Waals surface area contributed by atoms with Crippen LogP contribution >= 0.6 is 0 Å². The molecule has 128 valence electrons. The van der Waals surface area contributed by atoms with Crippen LogP contribution in [0.2, 0.25) is 0 Å². The maximum absolute atomic E-state index is 12.9. The molecule has 2 aromatic heterocycles. The van der Waals surface area contributed by atoms with E-state index < -0.39 is 10.0 Å². The summed E-state index contributed by atoms with van der Waals surface area (Å²) >= 11 is 0. The van der Waals surface area contributed by atoms with Crippen molar-refractivity contribution in [2.45, 2.75) is 11.4 Å². The van der Waals surface area contributed by atoms with Gasteiger partial charge in [0.1, 0.15) is 5.82 Å². The van der Waals surface area contributed by atoms with Crippen LogP contribution in [0.25, 0.3) is 16.9 Å². The number of rotatable bonds is 2. The van der Waals surface area contributed by atoms with Gasteiger partial charge in [0.2, 0.25) is 5.95 Å². The van der Waals surface area contributed by atoms with Gasteiger partial charge in [-0.3, -0.25) is 4.57 Å². The molecule has 0 radical (unpaired) electrons. The lowest BCUT2D eigenvalue weighted by molar-refractivity contribution is 0.596. The Morgan fingerprint density at radius 3 is 2.62 bits per heavy atom. The minimum absolute atomic E-state index is 0.279. The number of anilines is 1. The molecule has 4 aromatic rings. The van der Waals surface area contributed by atoms with Gasteiger partial charge in [-0.15, -0.1) is 0 Å². The quantitative estimate of drug-likeness (QED) is 0.549. The highest BCUT2D eigenvalue weighted by molar-refractivity contribution is 7.93. The van der Waals surface area contributed by atoms with Gasteiger partial charge >= 0.3 is 0 Å². The molecular formula is C19H14N4O2S. The molecule has 7 heteroatoms. The van der Waals surface area contributed by atoms with Crippen molar-refractivity contribution >= 4 is 26.7 Å². The van der Waals surface area contributed by atoms with Crippen molar-refractivity contribution in [3.05, 3.63) is 78.6 Å². The maximum atomic E-state index is 12.9. The molecule has 0 saturated heterocycles. The molecule has 1 aliphatic rings. The number of aromatic nitrogens is 3. The van der Waals surface area contributed by atoms with Crippen LogP contribution in [-0.4, -0.2) is 23.0 Å². The summed E-state index contributed by atoms with van der Waals surface area (Å²) in [6.07, 6.45) is 3.47. The summed E-state index contributed by atoms with van der Waals surface area (Å²) in [6, 6.07) is 18.5. The van der Waals surface area contributed by atoms with Crippen LogP contribution in [0.5, 0.6) is 0 Å². The van der Waals surface area contributed by atoms with E-state index in [4.69, 9.17) is 0 Å². The van der Waals surface area contributed by atoms with Crippen molar-refractivity contribution < 1.29 is 8.42 Å². The van der Waals surface area contributed by atoms with Crippen LogP contribution in [0.15, 0.2) is 78.0 Å². The molecule has 26 heavy (non-hydrogen) atoms. The number of nitrogens with zero attached hydrogens (tertiary/aromatic N) is 4. The predicted octanol–water partition coefficient (Wildman–Crippen LogP) is 3.13. The number of hydrogen-bond acceptors (Lipinski definition) is 4. The van der Waals surface area contributed by atoms with Crippen molar-refractivity contribution in [3.8, 4) is 5.95 Å². The van der Waals surface area contributed by atoms with E-state index in [9.17, 15) is 8.42 Å². The third kappa shape index (κ3) is 2.14. The number of fused-ring (bicyclic) bond motifs is 2. The average molecular weight is 362 g/mol. The minimum Gasteiger partial charge on any atom is -0.285 e. The Bertz CT molecular complexity index is 1250. The molecule has 3 heterocycles. The summed E-state index contributed by atoms with van der Waals surface area (Å²) in [6.45, 7) is 0.279. The van der Waals surface area contributed by atoms with Crippen LogP contribution in [0, 0.1) is 0 Å². The van der Waals surface area contributed by atoms with Crippen LogP contribution in [0.3, 0.4) is 0 Å². The zero-order chi connectivity index (χ0) is 17.7. The first kappa shape index (κ1) is 15.1. The lowest BCUT2D eigenvalue weighted by Crippen LogP contribution is -2.25. The summed E-state index contributed by atoms with van der Waals surface area (Å²) < 4.78 is 28.9. The number of benzene rings is 2. The van der Waals surface area contributed by atoms with Crippen LogP contribution < -0.4 is 4.31 Å². The summed E-state index contributed by atoms with van der Waals surface area (Å²) in [4.78, 5) is 9.19. The molecule has 0 saturated carbocycles. The monoisotopic (exact) mass is 362 g/mol. The van der Waals surface area contributed by atoms with Crippen LogP contribution in [-0.2, 0) is 16.6 Å². The third-order valence-electron chi connectivity index (χ3n) is 4.55. The van der Waals surface area contributed by atoms with E-state index in [1.807, 2.05) is 53.2 Å². The molecule has 5 rings (SSSR count). The summed E-state index contributed by atoms with van der Waals surface area (Å²) in [5.74, 6) is 0.804. The van der Waals surface area contributed by atoms with Gasteiger partial charge < -0.3 is 0 Å². The van der Waals surface area contributed by atoms with Gasteiger partial charge in [-0.25, -0.2) is 17.7 Å². The van der Waals surface area contributed by atoms with E-state index in [2.05, 4.69) is 9.97 Å². The second-order valence-electron chi connectivity index (χ2n) is 6.08. The lowest BCUT2D eigenvalue weighted by Gasteiger charge is -2.16. The standard InChI is InChI=1S/C19H14N4O2S/c24-26(25)17-8-4-2-6-15(17)13-23(26)18-9-11-20-19(21-18)22-12-10-14-5-1-3-7-16(14)22/h1-12H,13H2. The Labute approximate surface area is 150 Å². The van der Waals surface area contributed by atoms with Crippen LogP contribution in [0.1, 0.15) is 5.56 Å². The Kier molecular flexibility index (Phi) is 3.14. The topological polar surface area (TPSA) is 68.1 Å². The highest BCUT2D eigenvalue weighted by Gasteiger charge is 2.35. The summed E-state index contributed by atoms with van der Waals surface area (Å²) in [7, 11) is -3.59. The van der Waals surface area contributed by atoms with Crippen molar-refractivity contribution in [3.63, 3.8) is 0 Å². The lowest BCUT2D eigenvalue weighted by atomic mass is 10.2. The fourth-order valence-electron chi connectivity index (χ4n) is 3.30. The number of para-hydroxylation sites is 1. The molecule has 0 atom stereocenters. The highest BCUT2D eigenvalue weighted by Crippen LogP contribution is 2.33. The molecule has 0 aliphatic carbocycles. The Hall–Kier alpha value is -3.19. The normalized spacial score (nSPS) is 15.3. The first-order valence-electron chi connectivity index (χ1n) is 8.15. The van der Waals surface area contributed by atoms with E-state index in [0.29, 0.717) is 16.7 Å². The second kappa shape index (κ2) is 5.40. The third-order valence-corrected chi connectivity index (χ3v) is 6.40. The molecule has 0 amide bonds. The van der Waals surface area contributed by atoms with Crippen molar-refractivity contribution in [2.75, 3.05) is 4.31 Å². The van der Waals surface area contributed by atoms with E-state index in [-0.39, 0.29) is 6.54 Å².